The molecule has 7 nitrogen and oxygen atoms in total. The third kappa shape index (κ3) is 4.63. The second-order valence-electron chi connectivity index (χ2n) is 6.79. The normalized spacial score (nSPS) is 11.2. The van der Waals surface area contributed by atoms with Crippen LogP contribution >= 0.6 is 11.8 Å². The van der Waals surface area contributed by atoms with Gasteiger partial charge in [-0.1, -0.05) is 12.1 Å². The number of aromatic nitrogens is 3. The van der Waals surface area contributed by atoms with E-state index >= 15 is 0 Å². The van der Waals surface area contributed by atoms with Crippen LogP contribution in [0.5, 0.6) is 5.75 Å². The minimum atomic E-state index is -0.243. The van der Waals surface area contributed by atoms with E-state index in [9.17, 15) is 10.1 Å². The van der Waals surface area contributed by atoms with Crippen molar-refractivity contribution in [2.24, 2.45) is 0 Å². The number of anilines is 1. The number of hydrogen-bond acceptors (Lipinski definition) is 6. The Balaban J connectivity index is 1.57. The van der Waals surface area contributed by atoms with Gasteiger partial charge < -0.3 is 10.1 Å². The second kappa shape index (κ2) is 9.37. The van der Waals surface area contributed by atoms with Crippen molar-refractivity contribution < 1.29 is 9.53 Å². The van der Waals surface area contributed by atoms with E-state index in [4.69, 9.17) is 4.74 Å². The van der Waals surface area contributed by atoms with Gasteiger partial charge in [-0.15, -0.1) is 26.8 Å². The summed E-state index contributed by atoms with van der Waals surface area (Å²) in [6.07, 6.45) is 3.68. The number of amides is 1. The summed E-state index contributed by atoms with van der Waals surface area (Å²) in [5.41, 5.74) is 3.34. The lowest BCUT2D eigenvalue weighted by Gasteiger charge is -2.05. The molecule has 4 aromatic rings. The molecule has 0 atom stereocenters. The number of benzene rings is 3. The summed E-state index contributed by atoms with van der Waals surface area (Å²) in [6, 6.07) is 22.1. The van der Waals surface area contributed by atoms with Crippen molar-refractivity contribution in [3.8, 4) is 11.8 Å². The van der Waals surface area contributed by atoms with Crippen molar-refractivity contribution in [1.29, 1.82) is 5.26 Å². The highest BCUT2D eigenvalue weighted by atomic mass is 32.2. The van der Waals surface area contributed by atoms with Crippen LogP contribution in [0.4, 0.5) is 5.69 Å². The number of carbonyl (C=O) groups is 1. The maximum atomic E-state index is 12.7. The maximum absolute atomic E-state index is 12.7. The predicted molar refractivity (Wildman–Crippen MR) is 126 cm³/mol. The summed E-state index contributed by atoms with van der Waals surface area (Å²) in [5.74, 6) is 0.488. The van der Waals surface area contributed by atoms with Crippen LogP contribution in [-0.4, -0.2) is 34.3 Å². The van der Waals surface area contributed by atoms with Crippen LogP contribution < -0.4 is 10.1 Å². The average molecular weight is 442 g/mol. The van der Waals surface area contributed by atoms with Gasteiger partial charge in [0, 0.05) is 16.1 Å². The Morgan fingerprint density at radius 2 is 1.78 bits per heavy atom. The molecule has 0 aliphatic heterocycles. The molecule has 4 rings (SSSR count). The second-order valence-corrected chi connectivity index (χ2v) is 7.67. The van der Waals surface area contributed by atoms with Gasteiger partial charge in [-0.2, -0.15) is 5.26 Å². The summed E-state index contributed by atoms with van der Waals surface area (Å²) in [7, 11) is 1.60. The van der Waals surface area contributed by atoms with Crippen LogP contribution in [0, 0.1) is 11.3 Å². The molecule has 32 heavy (non-hydrogen) atoms. The lowest BCUT2D eigenvalue weighted by atomic mass is 10.2. The van der Waals surface area contributed by atoms with Gasteiger partial charge in [0.1, 0.15) is 22.9 Å². The summed E-state index contributed by atoms with van der Waals surface area (Å²) in [5, 5.41) is 21.2. The number of nitriles is 1. The highest BCUT2D eigenvalue weighted by molar-refractivity contribution is 7.98. The van der Waals surface area contributed by atoms with Gasteiger partial charge in [0.05, 0.1) is 7.11 Å². The number of rotatable bonds is 6. The fourth-order valence-electron chi connectivity index (χ4n) is 3.03. The van der Waals surface area contributed by atoms with Crippen molar-refractivity contribution >= 4 is 46.2 Å². The first-order valence-electron chi connectivity index (χ1n) is 9.68. The Morgan fingerprint density at radius 3 is 2.44 bits per heavy atom. The Bertz CT molecular complexity index is 1340. The van der Waals surface area contributed by atoms with Crippen molar-refractivity contribution in [3.05, 3.63) is 77.9 Å². The molecule has 1 heterocycles. The van der Waals surface area contributed by atoms with Gasteiger partial charge in [0.2, 0.25) is 0 Å². The molecule has 0 radical (unpaired) electrons. The van der Waals surface area contributed by atoms with Gasteiger partial charge in [-0.3, -0.25) is 4.79 Å². The molecule has 0 saturated carbocycles. The molecule has 1 amide bonds. The first kappa shape index (κ1) is 21.2. The average Bonchev–Trinajstić information content (AvgIpc) is 3.26. The fourth-order valence-corrected chi connectivity index (χ4v) is 3.44. The zero-order valence-electron chi connectivity index (χ0n) is 17.4. The van der Waals surface area contributed by atoms with Gasteiger partial charge in [0.25, 0.3) is 5.91 Å². The molecule has 0 aliphatic rings. The number of methoxy groups -OCH3 is 1. The lowest BCUT2D eigenvalue weighted by molar-refractivity contribution is 0.102. The van der Waals surface area contributed by atoms with E-state index in [1.54, 1.807) is 43.1 Å². The quantitative estimate of drug-likeness (QED) is 0.337. The Kier molecular flexibility index (Phi) is 6.19. The van der Waals surface area contributed by atoms with Crippen LogP contribution in [0.2, 0.25) is 0 Å². The lowest BCUT2D eigenvalue weighted by Crippen LogP contribution is -2.11. The fraction of sp³-hybridized carbons (Fsp3) is 0.0833. The van der Waals surface area contributed by atoms with Crippen molar-refractivity contribution in [2.75, 3.05) is 18.7 Å². The molecule has 0 spiro atoms. The summed E-state index contributed by atoms with van der Waals surface area (Å²) in [6.45, 7) is 0. The molecular formula is C24H19N5O2S. The zero-order chi connectivity index (χ0) is 22.5. The van der Waals surface area contributed by atoms with E-state index in [0.717, 1.165) is 16.2 Å². The molecule has 0 fully saturated rings. The Labute approximate surface area is 189 Å². The minimum absolute atomic E-state index is 0.243. The van der Waals surface area contributed by atoms with Crippen LogP contribution in [0.1, 0.15) is 15.9 Å². The third-order valence-corrected chi connectivity index (χ3v) is 5.48. The van der Waals surface area contributed by atoms with Gasteiger partial charge in [-0.05, 0) is 72.5 Å². The molecule has 0 bridgehead atoms. The van der Waals surface area contributed by atoms with Crippen molar-refractivity contribution in [2.45, 2.75) is 4.90 Å². The number of allylic oxidation sites excluding steroid dienone is 1. The summed E-state index contributed by atoms with van der Waals surface area (Å²) in [4.78, 5) is 15.1. The maximum Gasteiger partial charge on any atom is 0.255 e. The van der Waals surface area contributed by atoms with Crippen molar-refractivity contribution in [3.63, 3.8) is 0 Å². The summed E-state index contributed by atoms with van der Waals surface area (Å²) < 4.78 is 5.15. The van der Waals surface area contributed by atoms with Crippen LogP contribution in [0.15, 0.2) is 71.6 Å². The number of nitrogens with one attached hydrogen (secondary N) is 1. The first-order chi connectivity index (χ1) is 15.6. The molecule has 0 aliphatic carbocycles. The third-order valence-electron chi connectivity index (χ3n) is 4.74. The zero-order valence-corrected chi connectivity index (χ0v) is 18.3. The number of nitrogens with zero attached hydrogens (tertiary/aromatic N) is 4. The SMILES string of the molecule is COc1ccc(/C=C(\C#N)n2nc3ccc(C(=O)Nc4ccc(SC)cc4)cc3n2)cc1. The number of carbonyl (C=O) groups excluding carboxylic acids is 1. The monoisotopic (exact) mass is 441 g/mol. The van der Waals surface area contributed by atoms with E-state index in [2.05, 4.69) is 21.6 Å². The Morgan fingerprint density at radius 1 is 1.06 bits per heavy atom. The first-order valence-corrected chi connectivity index (χ1v) is 10.9. The van der Waals surface area contributed by atoms with Crippen molar-refractivity contribution in [1.82, 2.24) is 15.0 Å². The predicted octanol–water partition coefficient (Wildman–Crippen LogP) is 4.94. The van der Waals surface area contributed by atoms with E-state index in [0.29, 0.717) is 22.3 Å². The molecule has 8 heteroatoms. The van der Waals surface area contributed by atoms with E-state index in [1.807, 2.05) is 54.8 Å². The molecule has 158 valence electrons. The number of hydrogen-bond donors (Lipinski definition) is 1. The molecule has 0 saturated heterocycles. The number of ether oxygens (including phenoxy) is 1. The Hall–Kier alpha value is -4.09. The van der Waals surface area contributed by atoms with Crippen LogP contribution in [0.25, 0.3) is 22.8 Å². The molecule has 1 aromatic heterocycles. The minimum Gasteiger partial charge on any atom is -0.497 e. The highest BCUT2D eigenvalue weighted by Gasteiger charge is 2.12. The number of thioether (sulfide) groups is 1. The molecule has 3 aromatic carbocycles. The van der Waals surface area contributed by atoms with Gasteiger partial charge in [-0.25, -0.2) is 0 Å². The smallest absolute Gasteiger partial charge is 0.255 e. The molecule has 1 N–H and O–H groups in total. The molecule has 0 unspecified atom stereocenters. The number of fused-ring (bicyclic) bond motifs is 1. The van der Waals surface area contributed by atoms with E-state index in [-0.39, 0.29) is 11.6 Å². The highest BCUT2D eigenvalue weighted by Crippen LogP contribution is 2.20. The van der Waals surface area contributed by atoms with E-state index in [1.165, 1.54) is 4.80 Å². The van der Waals surface area contributed by atoms with Gasteiger partial charge in [0.15, 0.2) is 5.70 Å². The standard InChI is InChI=1S/C24H19N5O2S/c1-31-20-8-3-16(4-9-20)13-19(15-25)29-27-22-12-5-17(14-23(22)28-29)24(30)26-18-6-10-21(32-2)11-7-18/h3-14H,1-2H3,(H,26,30)/b19-13+. The van der Waals surface area contributed by atoms with Crippen LogP contribution in [0.3, 0.4) is 0 Å². The summed E-state index contributed by atoms with van der Waals surface area (Å²) >= 11 is 1.64. The van der Waals surface area contributed by atoms with Crippen LogP contribution in [-0.2, 0) is 0 Å². The van der Waals surface area contributed by atoms with E-state index < -0.39 is 0 Å². The topological polar surface area (TPSA) is 92.8 Å². The van der Waals surface area contributed by atoms with Gasteiger partial charge >= 0.3 is 0 Å². The molecular weight excluding hydrogens is 422 g/mol. The largest absolute Gasteiger partial charge is 0.497 e.